The molecule has 3 rings (SSSR count). The minimum atomic E-state index is -0.119. The van der Waals surface area contributed by atoms with Gasteiger partial charge in [-0.05, 0) is 6.42 Å². The van der Waals surface area contributed by atoms with Gasteiger partial charge < -0.3 is 9.42 Å². The lowest BCUT2D eigenvalue weighted by molar-refractivity contribution is 0.0739. The number of hydrogen-bond acceptors (Lipinski definition) is 5. The van der Waals surface area contributed by atoms with Crippen LogP contribution in [0.25, 0.3) is 0 Å². The summed E-state index contributed by atoms with van der Waals surface area (Å²) >= 11 is 0. The maximum absolute atomic E-state index is 12.6. The highest BCUT2D eigenvalue weighted by Gasteiger charge is 2.29. The average molecular weight is 314 g/mol. The highest BCUT2D eigenvalue weighted by atomic mass is 16.5. The molecule has 2 aromatic rings. The molecule has 6 heteroatoms. The van der Waals surface area contributed by atoms with Crippen LogP contribution in [0.5, 0.6) is 0 Å². The fourth-order valence-corrected chi connectivity index (χ4v) is 2.60. The summed E-state index contributed by atoms with van der Waals surface area (Å²) in [5.41, 5.74) is 2.19. The van der Waals surface area contributed by atoms with E-state index >= 15 is 0 Å². The van der Waals surface area contributed by atoms with E-state index in [2.05, 4.69) is 42.8 Å². The molecule has 0 N–H and O–H groups in total. The maximum Gasteiger partial charge on any atom is 0.276 e. The second-order valence-electron chi connectivity index (χ2n) is 7.01. The minimum absolute atomic E-state index is 0.104. The molecule has 0 aromatic carbocycles. The molecular formula is C17H22N4O2. The molecular weight excluding hydrogens is 292 g/mol. The van der Waals surface area contributed by atoms with Crippen molar-refractivity contribution in [3.05, 3.63) is 40.8 Å². The Bertz CT molecular complexity index is 730. The highest BCUT2D eigenvalue weighted by molar-refractivity contribution is 5.92. The largest absolute Gasteiger partial charge is 0.361 e. The van der Waals surface area contributed by atoms with Crippen LogP contribution in [0.2, 0.25) is 0 Å². The number of carbonyl (C=O) groups excluding carboxylic acids is 1. The molecule has 1 aliphatic heterocycles. The molecule has 6 nitrogen and oxygen atoms in total. The van der Waals surface area contributed by atoms with E-state index in [0.717, 1.165) is 35.7 Å². The molecule has 1 amide bonds. The van der Waals surface area contributed by atoms with Crippen molar-refractivity contribution in [1.82, 2.24) is 20.0 Å². The molecule has 23 heavy (non-hydrogen) atoms. The summed E-state index contributed by atoms with van der Waals surface area (Å²) in [6.45, 7) is 9.32. The predicted octanol–water partition coefficient (Wildman–Crippen LogP) is 2.87. The molecule has 1 aliphatic rings. The number of fused-ring (bicyclic) bond motifs is 1. The molecule has 0 fully saturated rings. The first kappa shape index (κ1) is 15.6. The summed E-state index contributed by atoms with van der Waals surface area (Å²) in [7, 11) is 0. The monoisotopic (exact) mass is 314 g/mol. The SMILES string of the molecule is CCCc1cc(C(=O)N2Cc3cnc(C(C)(C)C)nc3C2)no1. The number of amides is 1. The van der Waals surface area contributed by atoms with Crippen LogP contribution in [0.4, 0.5) is 0 Å². The summed E-state index contributed by atoms with van der Waals surface area (Å²) in [4.78, 5) is 23.4. The molecule has 0 saturated carbocycles. The zero-order chi connectivity index (χ0) is 16.6. The topological polar surface area (TPSA) is 72.1 Å². The van der Waals surface area contributed by atoms with Crippen LogP contribution < -0.4 is 0 Å². The summed E-state index contributed by atoms with van der Waals surface area (Å²) in [5.74, 6) is 1.44. The van der Waals surface area contributed by atoms with E-state index in [4.69, 9.17) is 4.52 Å². The molecule has 0 spiro atoms. The van der Waals surface area contributed by atoms with Crippen LogP contribution in [0.3, 0.4) is 0 Å². The van der Waals surface area contributed by atoms with Crippen LogP contribution >= 0.6 is 0 Å². The fourth-order valence-electron chi connectivity index (χ4n) is 2.60. The zero-order valence-corrected chi connectivity index (χ0v) is 14.1. The Kier molecular flexibility index (Phi) is 3.92. The van der Waals surface area contributed by atoms with E-state index in [1.54, 1.807) is 11.0 Å². The number of aromatic nitrogens is 3. The predicted molar refractivity (Wildman–Crippen MR) is 84.8 cm³/mol. The molecule has 0 atom stereocenters. The maximum atomic E-state index is 12.6. The van der Waals surface area contributed by atoms with Gasteiger partial charge in [0.15, 0.2) is 5.69 Å². The second kappa shape index (κ2) is 5.76. The summed E-state index contributed by atoms with van der Waals surface area (Å²) < 4.78 is 5.20. The molecule has 2 aromatic heterocycles. The Hall–Kier alpha value is -2.24. The third kappa shape index (κ3) is 3.11. The van der Waals surface area contributed by atoms with Gasteiger partial charge in [-0.15, -0.1) is 0 Å². The van der Waals surface area contributed by atoms with Gasteiger partial charge in [-0.3, -0.25) is 4.79 Å². The van der Waals surface area contributed by atoms with Gasteiger partial charge in [0.2, 0.25) is 0 Å². The van der Waals surface area contributed by atoms with Gasteiger partial charge in [-0.1, -0.05) is 32.9 Å². The van der Waals surface area contributed by atoms with Crippen molar-refractivity contribution in [2.45, 2.75) is 59.0 Å². The van der Waals surface area contributed by atoms with E-state index in [0.29, 0.717) is 18.8 Å². The van der Waals surface area contributed by atoms with Crippen molar-refractivity contribution in [3.8, 4) is 0 Å². The van der Waals surface area contributed by atoms with Gasteiger partial charge in [0.05, 0.1) is 12.2 Å². The van der Waals surface area contributed by atoms with E-state index in [1.165, 1.54) is 0 Å². The number of aryl methyl sites for hydroxylation is 1. The number of rotatable bonds is 3. The van der Waals surface area contributed by atoms with Crippen LogP contribution in [0, 0.1) is 0 Å². The molecule has 0 saturated heterocycles. The summed E-state index contributed by atoms with van der Waals surface area (Å²) in [6.07, 6.45) is 3.59. The number of nitrogens with zero attached hydrogens (tertiary/aromatic N) is 4. The van der Waals surface area contributed by atoms with Crippen molar-refractivity contribution < 1.29 is 9.32 Å². The third-order valence-electron chi connectivity index (χ3n) is 3.89. The van der Waals surface area contributed by atoms with Gasteiger partial charge in [0, 0.05) is 36.2 Å². The first-order chi connectivity index (χ1) is 10.9. The van der Waals surface area contributed by atoms with Crippen molar-refractivity contribution in [2.24, 2.45) is 0 Å². The van der Waals surface area contributed by atoms with Crippen LogP contribution in [-0.4, -0.2) is 25.9 Å². The molecule has 0 radical (unpaired) electrons. The third-order valence-corrected chi connectivity index (χ3v) is 3.89. The first-order valence-corrected chi connectivity index (χ1v) is 7.98. The fraction of sp³-hybridized carbons (Fsp3) is 0.529. The molecule has 3 heterocycles. The smallest absolute Gasteiger partial charge is 0.276 e. The van der Waals surface area contributed by atoms with E-state index < -0.39 is 0 Å². The van der Waals surface area contributed by atoms with Crippen molar-refractivity contribution in [1.29, 1.82) is 0 Å². The van der Waals surface area contributed by atoms with E-state index in [1.807, 2.05) is 6.20 Å². The second-order valence-corrected chi connectivity index (χ2v) is 7.01. The Morgan fingerprint density at radius 2 is 2.13 bits per heavy atom. The Labute approximate surface area is 135 Å². The van der Waals surface area contributed by atoms with Gasteiger partial charge in [0.25, 0.3) is 5.91 Å². The van der Waals surface area contributed by atoms with Gasteiger partial charge in [0.1, 0.15) is 11.6 Å². The highest BCUT2D eigenvalue weighted by Crippen LogP contribution is 2.25. The quantitative estimate of drug-likeness (QED) is 0.871. The van der Waals surface area contributed by atoms with Crippen LogP contribution in [0.1, 0.15) is 67.4 Å². The number of carbonyl (C=O) groups is 1. The van der Waals surface area contributed by atoms with E-state index in [9.17, 15) is 4.79 Å². The summed E-state index contributed by atoms with van der Waals surface area (Å²) in [6, 6.07) is 1.74. The van der Waals surface area contributed by atoms with Gasteiger partial charge >= 0.3 is 0 Å². The lowest BCUT2D eigenvalue weighted by Crippen LogP contribution is -2.25. The average Bonchev–Trinajstić information content (AvgIpc) is 3.11. The Morgan fingerprint density at radius 3 is 2.83 bits per heavy atom. The van der Waals surface area contributed by atoms with Gasteiger partial charge in [-0.2, -0.15) is 0 Å². The van der Waals surface area contributed by atoms with Crippen LogP contribution in [0.15, 0.2) is 16.8 Å². The lowest BCUT2D eigenvalue weighted by atomic mass is 9.95. The molecule has 0 unspecified atom stereocenters. The summed E-state index contributed by atoms with van der Waals surface area (Å²) in [5, 5.41) is 3.90. The first-order valence-electron chi connectivity index (χ1n) is 7.98. The normalized spacial score (nSPS) is 14.2. The molecule has 122 valence electrons. The van der Waals surface area contributed by atoms with E-state index in [-0.39, 0.29) is 11.3 Å². The Balaban J connectivity index is 1.77. The molecule has 0 bridgehead atoms. The Morgan fingerprint density at radius 1 is 1.35 bits per heavy atom. The number of hydrogen-bond donors (Lipinski definition) is 0. The minimum Gasteiger partial charge on any atom is -0.361 e. The standard InChI is InChI=1S/C17H22N4O2/c1-5-6-12-7-13(20-23-12)15(22)21-9-11-8-18-16(17(2,3)4)19-14(11)10-21/h7-8H,5-6,9-10H2,1-4H3. The molecule has 0 aliphatic carbocycles. The lowest BCUT2D eigenvalue weighted by Gasteiger charge is -2.16. The van der Waals surface area contributed by atoms with Crippen LogP contribution in [-0.2, 0) is 24.9 Å². The van der Waals surface area contributed by atoms with Crippen molar-refractivity contribution in [3.63, 3.8) is 0 Å². The van der Waals surface area contributed by atoms with Crippen molar-refractivity contribution in [2.75, 3.05) is 0 Å². The van der Waals surface area contributed by atoms with Crippen molar-refractivity contribution >= 4 is 5.91 Å². The zero-order valence-electron chi connectivity index (χ0n) is 14.1. The van der Waals surface area contributed by atoms with Gasteiger partial charge in [-0.25, -0.2) is 9.97 Å².